The van der Waals surface area contributed by atoms with Gasteiger partial charge in [0.15, 0.2) is 5.75 Å². The zero-order valence-electron chi connectivity index (χ0n) is 7.25. The van der Waals surface area contributed by atoms with Crippen molar-refractivity contribution in [3.63, 3.8) is 0 Å². The molecule has 0 saturated heterocycles. The summed E-state index contributed by atoms with van der Waals surface area (Å²) in [5.41, 5.74) is 0.677. The van der Waals surface area contributed by atoms with Gasteiger partial charge in [-0.3, -0.25) is 0 Å². The topological polar surface area (TPSA) is 49.4 Å². The highest BCUT2D eigenvalue weighted by Crippen LogP contribution is 2.33. The van der Waals surface area contributed by atoms with Crippen LogP contribution in [-0.2, 0) is 17.8 Å². The van der Waals surface area contributed by atoms with Crippen LogP contribution in [0.5, 0.6) is 5.75 Å². The van der Waals surface area contributed by atoms with Crippen molar-refractivity contribution < 1.29 is 12.9 Å². The van der Waals surface area contributed by atoms with Gasteiger partial charge < -0.3 is 8.74 Å². The molecule has 14 heavy (non-hydrogen) atoms. The monoisotopic (exact) mass is 253 g/mol. The fourth-order valence-electron chi connectivity index (χ4n) is 1.04. The quantitative estimate of drug-likeness (QED) is 0.779. The van der Waals surface area contributed by atoms with E-state index in [1.807, 2.05) is 6.92 Å². The molecule has 0 radical (unpaired) electrons. The molecule has 0 amide bonds. The van der Waals surface area contributed by atoms with Crippen molar-refractivity contribution in [2.45, 2.75) is 13.3 Å². The molecule has 1 atom stereocenters. The Morgan fingerprint density at radius 2 is 2.14 bits per heavy atom. The Labute approximate surface area is 94.5 Å². The SMILES string of the molecule is CCc1c(Cl)ccc(OS(=O)[O-])c1Cl. The van der Waals surface area contributed by atoms with E-state index in [2.05, 4.69) is 4.18 Å². The van der Waals surface area contributed by atoms with Gasteiger partial charge in [-0.1, -0.05) is 30.1 Å². The van der Waals surface area contributed by atoms with Crippen molar-refractivity contribution in [2.75, 3.05) is 0 Å². The predicted molar refractivity (Wildman–Crippen MR) is 55.4 cm³/mol. The van der Waals surface area contributed by atoms with Crippen molar-refractivity contribution in [1.29, 1.82) is 0 Å². The van der Waals surface area contributed by atoms with Gasteiger partial charge in [-0.15, -0.1) is 0 Å². The van der Waals surface area contributed by atoms with Crippen molar-refractivity contribution >= 4 is 34.6 Å². The molecule has 1 aromatic carbocycles. The molecular weight excluding hydrogens is 247 g/mol. The third kappa shape index (κ3) is 2.60. The van der Waals surface area contributed by atoms with Crippen molar-refractivity contribution in [3.05, 3.63) is 27.7 Å². The van der Waals surface area contributed by atoms with E-state index in [9.17, 15) is 8.76 Å². The molecular formula is C8H7Cl2O3S-. The fraction of sp³-hybridized carbons (Fsp3) is 0.250. The molecule has 0 aromatic heterocycles. The van der Waals surface area contributed by atoms with Gasteiger partial charge in [0.2, 0.25) is 0 Å². The molecule has 0 aliphatic rings. The van der Waals surface area contributed by atoms with E-state index < -0.39 is 11.4 Å². The summed E-state index contributed by atoms with van der Waals surface area (Å²) in [6, 6.07) is 2.97. The predicted octanol–water partition coefficient (Wildman–Crippen LogP) is 2.73. The maximum absolute atomic E-state index is 10.3. The van der Waals surface area contributed by atoms with Crippen LogP contribution >= 0.6 is 23.2 Å². The molecule has 1 rings (SSSR count). The molecule has 0 N–H and O–H groups in total. The highest BCUT2D eigenvalue weighted by atomic mass is 35.5. The summed E-state index contributed by atoms with van der Waals surface area (Å²) in [5, 5.41) is 0.741. The van der Waals surface area contributed by atoms with Crippen LogP contribution in [0.1, 0.15) is 12.5 Å². The van der Waals surface area contributed by atoms with Crippen LogP contribution in [0.2, 0.25) is 10.0 Å². The number of hydrogen-bond acceptors (Lipinski definition) is 3. The van der Waals surface area contributed by atoms with Gasteiger partial charge >= 0.3 is 0 Å². The van der Waals surface area contributed by atoms with E-state index in [-0.39, 0.29) is 10.8 Å². The molecule has 0 aliphatic heterocycles. The molecule has 0 fully saturated rings. The van der Waals surface area contributed by atoms with E-state index in [1.54, 1.807) is 6.07 Å². The van der Waals surface area contributed by atoms with Crippen LogP contribution in [0.25, 0.3) is 0 Å². The first-order valence-electron chi connectivity index (χ1n) is 3.80. The first-order valence-corrected chi connectivity index (χ1v) is 5.56. The molecule has 1 unspecified atom stereocenters. The standard InChI is InChI=1S/C8H8Cl2O3S/c1-2-5-6(9)3-4-7(8(5)10)13-14(11)12/h3-4H,2H2,1H3,(H,11,12)/p-1. The van der Waals surface area contributed by atoms with Crippen LogP contribution in [0, 0.1) is 0 Å². The fourth-order valence-corrected chi connectivity index (χ4v) is 2.05. The largest absolute Gasteiger partial charge is 0.740 e. The Morgan fingerprint density at radius 1 is 1.50 bits per heavy atom. The van der Waals surface area contributed by atoms with Crippen molar-refractivity contribution in [1.82, 2.24) is 0 Å². The molecule has 3 nitrogen and oxygen atoms in total. The van der Waals surface area contributed by atoms with Crippen LogP contribution in [0.3, 0.4) is 0 Å². The third-order valence-corrected chi connectivity index (χ3v) is 2.75. The first-order chi connectivity index (χ1) is 6.56. The average molecular weight is 254 g/mol. The summed E-state index contributed by atoms with van der Waals surface area (Å²) in [6.45, 7) is 1.87. The van der Waals surface area contributed by atoms with Crippen molar-refractivity contribution in [2.24, 2.45) is 0 Å². The summed E-state index contributed by atoms with van der Waals surface area (Å²) >= 11 is 9.10. The second-order valence-electron chi connectivity index (χ2n) is 2.48. The van der Waals surface area contributed by atoms with Gasteiger partial charge in [-0.25, -0.2) is 4.21 Å². The Bertz CT molecular complexity index is 368. The molecule has 0 aliphatic carbocycles. The van der Waals surface area contributed by atoms with Gasteiger partial charge in [-0.2, -0.15) is 0 Å². The first kappa shape index (κ1) is 11.8. The molecule has 0 saturated carbocycles. The molecule has 0 bridgehead atoms. The van der Waals surface area contributed by atoms with E-state index in [0.29, 0.717) is 17.0 Å². The Hall–Kier alpha value is -0.290. The average Bonchev–Trinajstić information content (AvgIpc) is 2.10. The summed E-state index contributed by atoms with van der Waals surface area (Å²) < 4.78 is 25.1. The smallest absolute Gasteiger partial charge is 0.158 e. The number of benzene rings is 1. The number of hydrogen-bond donors (Lipinski definition) is 0. The van der Waals surface area contributed by atoms with Gasteiger partial charge in [-0.05, 0) is 24.1 Å². The number of rotatable bonds is 3. The molecule has 1 aromatic rings. The second kappa shape index (κ2) is 4.98. The second-order valence-corrected chi connectivity index (χ2v) is 3.84. The zero-order chi connectivity index (χ0) is 10.7. The van der Waals surface area contributed by atoms with Gasteiger partial charge in [0.05, 0.1) is 5.02 Å². The Morgan fingerprint density at radius 3 is 2.64 bits per heavy atom. The van der Waals surface area contributed by atoms with E-state index in [4.69, 9.17) is 23.2 Å². The maximum Gasteiger partial charge on any atom is 0.158 e. The maximum atomic E-state index is 10.3. The van der Waals surface area contributed by atoms with E-state index >= 15 is 0 Å². The summed E-state index contributed by atoms with van der Waals surface area (Å²) in [5.74, 6) is 0.0984. The highest BCUT2D eigenvalue weighted by molar-refractivity contribution is 7.74. The molecule has 0 heterocycles. The minimum Gasteiger partial charge on any atom is -0.740 e. The van der Waals surface area contributed by atoms with Crippen LogP contribution < -0.4 is 4.18 Å². The minimum absolute atomic E-state index is 0.0984. The van der Waals surface area contributed by atoms with Crippen LogP contribution in [0.4, 0.5) is 0 Å². The van der Waals surface area contributed by atoms with Crippen LogP contribution in [0.15, 0.2) is 12.1 Å². The normalized spacial score (nSPS) is 12.6. The van der Waals surface area contributed by atoms with E-state index in [1.165, 1.54) is 6.07 Å². The number of halogens is 2. The Balaban J connectivity index is 3.14. The lowest BCUT2D eigenvalue weighted by molar-refractivity contribution is 0.440. The minimum atomic E-state index is -2.62. The molecule has 78 valence electrons. The van der Waals surface area contributed by atoms with Crippen LogP contribution in [-0.4, -0.2) is 8.76 Å². The van der Waals surface area contributed by atoms with Gasteiger partial charge in [0.1, 0.15) is 11.4 Å². The lowest BCUT2D eigenvalue weighted by Gasteiger charge is -2.11. The van der Waals surface area contributed by atoms with E-state index in [0.717, 1.165) is 0 Å². The summed E-state index contributed by atoms with van der Waals surface area (Å²) in [7, 11) is 0. The lowest BCUT2D eigenvalue weighted by Crippen LogP contribution is -1.99. The van der Waals surface area contributed by atoms with Crippen molar-refractivity contribution in [3.8, 4) is 5.75 Å². The highest BCUT2D eigenvalue weighted by Gasteiger charge is 2.10. The zero-order valence-corrected chi connectivity index (χ0v) is 9.58. The molecule has 0 spiro atoms. The lowest BCUT2D eigenvalue weighted by atomic mass is 10.1. The Kier molecular flexibility index (Phi) is 4.19. The third-order valence-electron chi connectivity index (χ3n) is 1.66. The van der Waals surface area contributed by atoms with Gasteiger partial charge in [0.25, 0.3) is 0 Å². The van der Waals surface area contributed by atoms with Gasteiger partial charge in [0, 0.05) is 5.02 Å². The molecule has 6 heteroatoms. The summed E-state index contributed by atoms with van der Waals surface area (Å²) in [6.07, 6.45) is 0.611. The summed E-state index contributed by atoms with van der Waals surface area (Å²) in [4.78, 5) is 0.